The number of rotatable bonds is 4. The second-order valence-corrected chi connectivity index (χ2v) is 7.47. The largest absolute Gasteiger partial charge is 0.444 e. The van der Waals surface area contributed by atoms with Gasteiger partial charge in [0, 0.05) is 24.7 Å². The molecule has 2 rings (SSSR count). The van der Waals surface area contributed by atoms with Gasteiger partial charge in [-0.2, -0.15) is 0 Å². The summed E-state index contributed by atoms with van der Waals surface area (Å²) < 4.78 is 11.1. The van der Waals surface area contributed by atoms with Crippen LogP contribution in [-0.4, -0.2) is 53.3 Å². The van der Waals surface area contributed by atoms with Crippen LogP contribution in [0.3, 0.4) is 0 Å². The zero-order chi connectivity index (χ0) is 18.6. The van der Waals surface area contributed by atoms with Gasteiger partial charge in [0.1, 0.15) is 12.3 Å². The SMILES string of the molecule is CC(C)N(CCN1COCc2ccccc2C1=O)C(=O)OC(C)(C)C. The first-order valence-electron chi connectivity index (χ1n) is 8.63. The smallest absolute Gasteiger partial charge is 0.410 e. The zero-order valence-electron chi connectivity index (χ0n) is 15.7. The van der Waals surface area contributed by atoms with Crippen molar-refractivity contribution in [2.75, 3.05) is 19.8 Å². The number of benzene rings is 1. The quantitative estimate of drug-likeness (QED) is 0.838. The molecule has 6 heteroatoms. The van der Waals surface area contributed by atoms with E-state index in [0.29, 0.717) is 25.3 Å². The molecule has 0 spiro atoms. The number of carbonyl (C=O) groups excluding carboxylic acids is 2. The van der Waals surface area contributed by atoms with Gasteiger partial charge in [0.2, 0.25) is 0 Å². The monoisotopic (exact) mass is 348 g/mol. The predicted molar refractivity (Wildman–Crippen MR) is 95.2 cm³/mol. The summed E-state index contributed by atoms with van der Waals surface area (Å²) in [7, 11) is 0. The van der Waals surface area contributed by atoms with E-state index in [9.17, 15) is 9.59 Å². The molecule has 0 radical (unpaired) electrons. The van der Waals surface area contributed by atoms with Crippen molar-refractivity contribution in [3.05, 3.63) is 35.4 Å². The van der Waals surface area contributed by atoms with Crippen LogP contribution in [-0.2, 0) is 16.1 Å². The van der Waals surface area contributed by atoms with Crippen molar-refractivity contribution in [2.24, 2.45) is 0 Å². The van der Waals surface area contributed by atoms with Crippen molar-refractivity contribution in [3.63, 3.8) is 0 Å². The van der Waals surface area contributed by atoms with Crippen molar-refractivity contribution in [1.29, 1.82) is 0 Å². The fraction of sp³-hybridized carbons (Fsp3) is 0.579. The van der Waals surface area contributed by atoms with Crippen LogP contribution in [0.4, 0.5) is 4.79 Å². The first-order valence-corrected chi connectivity index (χ1v) is 8.63. The fourth-order valence-electron chi connectivity index (χ4n) is 2.62. The van der Waals surface area contributed by atoms with Crippen LogP contribution in [0, 0.1) is 0 Å². The molecule has 0 saturated carbocycles. The number of fused-ring (bicyclic) bond motifs is 1. The minimum Gasteiger partial charge on any atom is -0.444 e. The van der Waals surface area contributed by atoms with E-state index >= 15 is 0 Å². The molecular formula is C19H28N2O4. The highest BCUT2D eigenvalue weighted by Crippen LogP contribution is 2.18. The van der Waals surface area contributed by atoms with Crippen LogP contribution in [0.5, 0.6) is 0 Å². The number of hydrogen-bond acceptors (Lipinski definition) is 4. The molecule has 2 amide bonds. The zero-order valence-corrected chi connectivity index (χ0v) is 15.7. The van der Waals surface area contributed by atoms with E-state index in [2.05, 4.69) is 0 Å². The second kappa shape index (κ2) is 7.87. The maximum absolute atomic E-state index is 12.7. The van der Waals surface area contributed by atoms with Gasteiger partial charge in [-0.05, 0) is 46.2 Å². The topological polar surface area (TPSA) is 59.1 Å². The van der Waals surface area contributed by atoms with Crippen molar-refractivity contribution < 1.29 is 19.1 Å². The highest BCUT2D eigenvalue weighted by Gasteiger charge is 2.27. The van der Waals surface area contributed by atoms with Gasteiger partial charge in [0.15, 0.2) is 0 Å². The number of nitrogens with zero attached hydrogens (tertiary/aromatic N) is 2. The maximum atomic E-state index is 12.7. The van der Waals surface area contributed by atoms with Gasteiger partial charge < -0.3 is 19.3 Å². The Hall–Kier alpha value is -2.08. The van der Waals surface area contributed by atoms with Crippen molar-refractivity contribution in [1.82, 2.24) is 9.80 Å². The van der Waals surface area contributed by atoms with Crippen LogP contribution < -0.4 is 0 Å². The summed E-state index contributed by atoms with van der Waals surface area (Å²) in [4.78, 5) is 28.4. The molecule has 1 aromatic carbocycles. The Bertz CT molecular complexity index is 622. The van der Waals surface area contributed by atoms with Crippen LogP contribution >= 0.6 is 0 Å². The lowest BCUT2D eigenvalue weighted by Gasteiger charge is -2.31. The molecule has 1 aliphatic heterocycles. The molecule has 0 aromatic heterocycles. The summed E-state index contributed by atoms with van der Waals surface area (Å²) in [5.74, 6) is -0.0685. The van der Waals surface area contributed by atoms with Gasteiger partial charge >= 0.3 is 6.09 Å². The van der Waals surface area contributed by atoms with Gasteiger partial charge in [-0.1, -0.05) is 18.2 Å². The van der Waals surface area contributed by atoms with Crippen molar-refractivity contribution in [2.45, 2.75) is 52.9 Å². The Morgan fingerprint density at radius 1 is 1.32 bits per heavy atom. The number of carbonyl (C=O) groups is 2. The molecule has 0 atom stereocenters. The van der Waals surface area contributed by atoms with Crippen LogP contribution in [0.1, 0.15) is 50.5 Å². The van der Waals surface area contributed by atoms with E-state index in [1.807, 2.05) is 58.9 Å². The molecular weight excluding hydrogens is 320 g/mol. The first-order chi connectivity index (χ1) is 11.7. The summed E-state index contributed by atoms with van der Waals surface area (Å²) >= 11 is 0. The number of hydrogen-bond donors (Lipinski definition) is 0. The molecule has 0 fully saturated rings. The highest BCUT2D eigenvalue weighted by molar-refractivity contribution is 5.95. The molecule has 138 valence electrons. The molecule has 0 unspecified atom stereocenters. The van der Waals surface area contributed by atoms with Gasteiger partial charge in [-0.15, -0.1) is 0 Å². The second-order valence-electron chi connectivity index (χ2n) is 7.47. The van der Waals surface area contributed by atoms with E-state index in [0.717, 1.165) is 5.56 Å². The summed E-state index contributed by atoms with van der Waals surface area (Å²) in [5, 5.41) is 0. The molecule has 0 bridgehead atoms. The Balaban J connectivity index is 2.05. The molecule has 0 N–H and O–H groups in total. The van der Waals surface area contributed by atoms with Crippen LogP contribution in [0.15, 0.2) is 24.3 Å². The Morgan fingerprint density at radius 2 is 2.00 bits per heavy atom. The standard InChI is InChI=1S/C19H28N2O4/c1-14(2)21(18(23)25-19(3,4)5)11-10-20-13-24-12-15-8-6-7-9-16(15)17(20)22/h6-9,14H,10-13H2,1-5H3. The molecule has 6 nitrogen and oxygen atoms in total. The Labute approximate surface area is 149 Å². The van der Waals surface area contributed by atoms with E-state index in [4.69, 9.17) is 9.47 Å². The summed E-state index contributed by atoms with van der Waals surface area (Å²) in [6.07, 6.45) is -0.369. The normalized spacial score (nSPS) is 15.0. The van der Waals surface area contributed by atoms with Crippen molar-refractivity contribution in [3.8, 4) is 0 Å². The van der Waals surface area contributed by atoms with Gasteiger partial charge in [-0.3, -0.25) is 4.79 Å². The minimum atomic E-state index is -0.551. The van der Waals surface area contributed by atoms with E-state index in [1.165, 1.54) is 0 Å². The van der Waals surface area contributed by atoms with Crippen molar-refractivity contribution >= 4 is 12.0 Å². The highest BCUT2D eigenvalue weighted by atomic mass is 16.6. The molecule has 25 heavy (non-hydrogen) atoms. The minimum absolute atomic E-state index is 0.0230. The molecule has 1 aromatic rings. The van der Waals surface area contributed by atoms with Gasteiger partial charge in [0.05, 0.1) is 6.61 Å². The molecule has 1 heterocycles. The number of ether oxygens (including phenoxy) is 2. The third-order valence-electron chi connectivity index (χ3n) is 3.90. The average Bonchev–Trinajstić information content (AvgIpc) is 2.65. The summed E-state index contributed by atoms with van der Waals surface area (Å²) in [5.41, 5.74) is 1.00. The van der Waals surface area contributed by atoms with E-state index in [-0.39, 0.29) is 24.8 Å². The fourth-order valence-corrected chi connectivity index (χ4v) is 2.62. The molecule has 1 aliphatic rings. The molecule has 0 saturated heterocycles. The average molecular weight is 348 g/mol. The Morgan fingerprint density at radius 3 is 2.64 bits per heavy atom. The third-order valence-corrected chi connectivity index (χ3v) is 3.90. The van der Waals surface area contributed by atoms with Crippen LogP contribution in [0.25, 0.3) is 0 Å². The summed E-state index contributed by atoms with van der Waals surface area (Å²) in [6, 6.07) is 7.44. The van der Waals surface area contributed by atoms with E-state index < -0.39 is 5.60 Å². The van der Waals surface area contributed by atoms with Gasteiger partial charge in [0.25, 0.3) is 5.91 Å². The first kappa shape index (κ1) is 19.2. The van der Waals surface area contributed by atoms with E-state index in [1.54, 1.807) is 9.80 Å². The predicted octanol–water partition coefficient (Wildman–Crippen LogP) is 3.26. The lowest BCUT2D eigenvalue weighted by Crippen LogP contribution is -2.46. The lowest BCUT2D eigenvalue weighted by molar-refractivity contribution is 0.00534. The van der Waals surface area contributed by atoms with Gasteiger partial charge in [-0.25, -0.2) is 4.79 Å². The number of amides is 2. The van der Waals surface area contributed by atoms with Crippen LogP contribution in [0.2, 0.25) is 0 Å². The molecule has 0 aliphatic carbocycles. The summed E-state index contributed by atoms with van der Waals surface area (Å²) in [6.45, 7) is 10.8. The maximum Gasteiger partial charge on any atom is 0.410 e. The Kier molecular flexibility index (Phi) is 6.06. The third kappa shape index (κ3) is 5.19. The lowest BCUT2D eigenvalue weighted by atomic mass is 10.1.